The number of nitrogens with one attached hydrogen (secondary N) is 1. The molecule has 9 nitrogen and oxygen atoms in total. The second kappa shape index (κ2) is 9.10. The monoisotopic (exact) mass is 484 g/mol. The number of para-hydroxylation sites is 1. The van der Waals surface area contributed by atoms with Gasteiger partial charge in [0.25, 0.3) is 11.5 Å². The molecule has 5 rings (SSSR count). The summed E-state index contributed by atoms with van der Waals surface area (Å²) < 4.78 is 19.0. The first-order valence-electron chi connectivity index (χ1n) is 11.1. The Morgan fingerprint density at radius 2 is 1.58 bits per heavy atom. The molecule has 0 saturated carbocycles. The van der Waals surface area contributed by atoms with E-state index in [0.29, 0.717) is 39.5 Å². The van der Waals surface area contributed by atoms with Gasteiger partial charge in [0, 0.05) is 29.4 Å². The van der Waals surface area contributed by atoms with Crippen LogP contribution in [0, 0.1) is 0 Å². The molecule has 5 aromatic rings. The maximum absolute atomic E-state index is 13.7. The van der Waals surface area contributed by atoms with Crippen LogP contribution in [0.2, 0.25) is 0 Å². The highest BCUT2D eigenvalue weighted by atomic mass is 16.5. The number of aromatic nitrogens is 3. The van der Waals surface area contributed by atoms with E-state index < -0.39 is 5.91 Å². The summed E-state index contributed by atoms with van der Waals surface area (Å²) in [5, 5.41) is 8.66. The average Bonchev–Trinajstić information content (AvgIpc) is 3.22. The Labute approximate surface area is 206 Å². The minimum absolute atomic E-state index is 0.0992. The van der Waals surface area contributed by atoms with E-state index in [1.54, 1.807) is 68.3 Å². The molecule has 182 valence electrons. The first kappa shape index (κ1) is 23.0. The van der Waals surface area contributed by atoms with Crippen molar-refractivity contribution in [2.75, 3.05) is 26.6 Å². The lowest BCUT2D eigenvalue weighted by Crippen LogP contribution is -2.27. The summed E-state index contributed by atoms with van der Waals surface area (Å²) in [7, 11) is 6.43. The Morgan fingerprint density at radius 3 is 2.28 bits per heavy atom. The third-order valence-corrected chi connectivity index (χ3v) is 6.13. The van der Waals surface area contributed by atoms with Crippen molar-refractivity contribution in [2.45, 2.75) is 0 Å². The Kier molecular flexibility index (Phi) is 5.81. The number of nitrogens with zero attached hydrogens (tertiary/aromatic N) is 3. The van der Waals surface area contributed by atoms with Gasteiger partial charge in [0.2, 0.25) is 0 Å². The fourth-order valence-corrected chi connectivity index (χ4v) is 4.33. The number of fused-ring (bicyclic) bond motifs is 3. The minimum atomic E-state index is -0.495. The van der Waals surface area contributed by atoms with Gasteiger partial charge in [-0.15, -0.1) is 0 Å². The Hall–Kier alpha value is -4.79. The molecule has 0 radical (unpaired) electrons. The van der Waals surface area contributed by atoms with E-state index in [4.69, 9.17) is 14.2 Å². The Bertz CT molecular complexity index is 1670. The van der Waals surface area contributed by atoms with Crippen LogP contribution in [-0.2, 0) is 7.05 Å². The number of ether oxygens (including phenoxy) is 3. The van der Waals surface area contributed by atoms with Crippen molar-refractivity contribution in [3.63, 3.8) is 0 Å². The first-order chi connectivity index (χ1) is 17.5. The fraction of sp³-hybridized carbons (Fsp3) is 0.148. The number of benzene rings is 3. The molecular weight excluding hydrogens is 460 g/mol. The SMILES string of the molecule is COc1ccc(-n2nc(C(=O)Nc3cc(OC)ccc3OC)c3c4ccccc4n(C)c3c2=O)cc1. The predicted molar refractivity (Wildman–Crippen MR) is 138 cm³/mol. The predicted octanol–water partition coefficient (Wildman–Crippen LogP) is 4.16. The largest absolute Gasteiger partial charge is 0.497 e. The topological polar surface area (TPSA) is 96.6 Å². The highest BCUT2D eigenvalue weighted by molar-refractivity contribution is 6.19. The van der Waals surface area contributed by atoms with Crippen molar-refractivity contribution in [1.29, 1.82) is 0 Å². The van der Waals surface area contributed by atoms with Crippen LogP contribution in [0.3, 0.4) is 0 Å². The van der Waals surface area contributed by atoms with Crippen molar-refractivity contribution < 1.29 is 19.0 Å². The highest BCUT2D eigenvalue weighted by Gasteiger charge is 2.24. The molecule has 3 aromatic carbocycles. The molecule has 1 amide bonds. The number of amides is 1. The normalized spacial score (nSPS) is 11.0. The molecule has 0 bridgehead atoms. The summed E-state index contributed by atoms with van der Waals surface area (Å²) in [6, 6.07) is 19.5. The summed E-state index contributed by atoms with van der Waals surface area (Å²) in [6.45, 7) is 0. The van der Waals surface area contributed by atoms with Crippen LogP contribution >= 0.6 is 0 Å². The van der Waals surface area contributed by atoms with Gasteiger partial charge in [0.15, 0.2) is 5.69 Å². The van der Waals surface area contributed by atoms with Gasteiger partial charge < -0.3 is 24.1 Å². The van der Waals surface area contributed by atoms with Gasteiger partial charge in [-0.2, -0.15) is 9.78 Å². The lowest BCUT2D eigenvalue weighted by Gasteiger charge is -2.13. The minimum Gasteiger partial charge on any atom is -0.497 e. The van der Waals surface area contributed by atoms with Gasteiger partial charge in [-0.3, -0.25) is 9.59 Å². The lowest BCUT2D eigenvalue weighted by molar-refractivity contribution is 0.102. The first-order valence-corrected chi connectivity index (χ1v) is 11.1. The molecule has 1 N–H and O–H groups in total. The Morgan fingerprint density at radius 1 is 0.889 bits per heavy atom. The van der Waals surface area contributed by atoms with Crippen molar-refractivity contribution in [3.05, 3.63) is 82.8 Å². The van der Waals surface area contributed by atoms with Crippen molar-refractivity contribution >= 4 is 33.4 Å². The number of aryl methyl sites for hydroxylation is 1. The number of hydrogen-bond acceptors (Lipinski definition) is 6. The number of hydrogen-bond donors (Lipinski definition) is 1. The van der Waals surface area contributed by atoms with Gasteiger partial charge in [0.05, 0.1) is 32.7 Å². The van der Waals surface area contributed by atoms with Gasteiger partial charge in [-0.25, -0.2) is 0 Å². The number of carbonyl (C=O) groups is 1. The van der Waals surface area contributed by atoms with Crippen molar-refractivity contribution in [1.82, 2.24) is 14.3 Å². The number of carbonyl (C=O) groups excluding carboxylic acids is 1. The van der Waals surface area contributed by atoms with Gasteiger partial charge in [-0.1, -0.05) is 18.2 Å². The van der Waals surface area contributed by atoms with Crippen LogP contribution in [-0.4, -0.2) is 41.6 Å². The zero-order valence-corrected chi connectivity index (χ0v) is 20.2. The average molecular weight is 485 g/mol. The summed E-state index contributed by atoms with van der Waals surface area (Å²) in [4.78, 5) is 27.4. The van der Waals surface area contributed by atoms with E-state index in [0.717, 1.165) is 10.9 Å². The second-order valence-electron chi connectivity index (χ2n) is 8.08. The molecule has 0 aliphatic rings. The van der Waals surface area contributed by atoms with E-state index in [1.165, 1.54) is 11.8 Å². The quantitative estimate of drug-likeness (QED) is 0.389. The summed E-state index contributed by atoms with van der Waals surface area (Å²) >= 11 is 0. The van der Waals surface area contributed by atoms with Crippen LogP contribution in [0.5, 0.6) is 17.2 Å². The standard InChI is InChI=1S/C27H24N4O5/c1-30-21-8-6-5-7-19(21)23-24(26(32)28-20-15-18(35-3)13-14-22(20)36-4)29-31(27(33)25(23)30)16-9-11-17(34-2)12-10-16/h5-15H,1-4H3,(H,28,32). The van der Waals surface area contributed by atoms with Crippen molar-refractivity contribution in [3.8, 4) is 22.9 Å². The second-order valence-corrected chi connectivity index (χ2v) is 8.08. The van der Waals surface area contributed by atoms with Crippen LogP contribution in [0.1, 0.15) is 10.5 Å². The number of anilines is 1. The van der Waals surface area contributed by atoms with Crippen LogP contribution < -0.4 is 25.1 Å². The molecule has 0 atom stereocenters. The molecule has 0 fully saturated rings. The molecule has 0 spiro atoms. The molecule has 0 aliphatic heterocycles. The van der Waals surface area contributed by atoms with Crippen molar-refractivity contribution in [2.24, 2.45) is 7.05 Å². The third kappa shape index (κ3) is 3.70. The molecule has 9 heteroatoms. The molecule has 36 heavy (non-hydrogen) atoms. The third-order valence-electron chi connectivity index (χ3n) is 6.13. The zero-order chi connectivity index (χ0) is 25.4. The highest BCUT2D eigenvalue weighted by Crippen LogP contribution is 2.32. The van der Waals surface area contributed by atoms with E-state index >= 15 is 0 Å². The molecule has 2 aromatic heterocycles. The van der Waals surface area contributed by atoms with Crippen LogP contribution in [0.4, 0.5) is 5.69 Å². The van der Waals surface area contributed by atoms with E-state index in [9.17, 15) is 9.59 Å². The van der Waals surface area contributed by atoms with E-state index in [-0.39, 0.29) is 11.3 Å². The van der Waals surface area contributed by atoms with Gasteiger partial charge >= 0.3 is 0 Å². The summed E-state index contributed by atoms with van der Waals surface area (Å²) in [5.74, 6) is 1.16. The molecule has 2 heterocycles. The smallest absolute Gasteiger partial charge is 0.296 e. The lowest BCUT2D eigenvalue weighted by atomic mass is 10.1. The molecular formula is C27H24N4O5. The maximum atomic E-state index is 13.7. The van der Waals surface area contributed by atoms with Crippen LogP contribution in [0.25, 0.3) is 27.5 Å². The molecule has 0 unspecified atom stereocenters. The number of rotatable bonds is 6. The summed E-state index contributed by atoms with van der Waals surface area (Å²) in [6.07, 6.45) is 0. The van der Waals surface area contributed by atoms with Crippen LogP contribution in [0.15, 0.2) is 71.5 Å². The van der Waals surface area contributed by atoms with E-state index in [2.05, 4.69) is 10.4 Å². The fourth-order valence-electron chi connectivity index (χ4n) is 4.33. The molecule has 0 saturated heterocycles. The van der Waals surface area contributed by atoms with Gasteiger partial charge in [0.1, 0.15) is 22.8 Å². The molecule has 0 aliphatic carbocycles. The summed E-state index contributed by atoms with van der Waals surface area (Å²) in [5.41, 5.74) is 1.85. The number of methoxy groups -OCH3 is 3. The van der Waals surface area contributed by atoms with E-state index in [1.807, 2.05) is 24.3 Å². The zero-order valence-electron chi connectivity index (χ0n) is 20.2. The van der Waals surface area contributed by atoms with Gasteiger partial charge in [-0.05, 0) is 42.5 Å². The maximum Gasteiger partial charge on any atom is 0.296 e. The Balaban J connectivity index is 1.76.